The number of hydrogen-bond donors (Lipinski definition) is 1. The van der Waals surface area contributed by atoms with Gasteiger partial charge in [0.1, 0.15) is 11.4 Å². The van der Waals surface area contributed by atoms with E-state index in [0.29, 0.717) is 35.6 Å². The number of piperidine rings is 1. The second-order valence-corrected chi connectivity index (χ2v) is 12.5. The van der Waals surface area contributed by atoms with Crippen molar-refractivity contribution >= 4 is 29.2 Å². The standard InChI is InChI=1S/C33H36N6O4/c1-19(40)28-29(23-15-24-12-13-25(16-23)38(24)32(42)43-33(3,4)5)37-30-26(18-35-39(30)31(28)36-20(2)41)22-11-14-27(34-17-22)21-9-7-6-8-10-21/h6-11,14,17-18,23-25H,12-13,15-16H2,1-5H3,(H,36,41)/t23-,24-,25+. The first-order valence-electron chi connectivity index (χ1n) is 14.7. The summed E-state index contributed by atoms with van der Waals surface area (Å²) < 4.78 is 7.26. The number of Topliss-reactive ketones (excluding diaryl/α,β-unsaturated/α-hetero) is 1. The molecule has 0 radical (unpaired) electrons. The fourth-order valence-corrected chi connectivity index (χ4v) is 6.48. The number of anilines is 1. The topological polar surface area (TPSA) is 119 Å². The molecule has 10 heteroatoms. The van der Waals surface area contributed by atoms with Gasteiger partial charge in [-0.3, -0.25) is 14.6 Å². The van der Waals surface area contributed by atoms with Gasteiger partial charge in [-0.25, -0.2) is 9.78 Å². The van der Waals surface area contributed by atoms with Crippen molar-refractivity contribution in [2.24, 2.45) is 0 Å². The molecule has 0 spiro atoms. The normalized spacial score (nSPS) is 19.8. The molecule has 2 fully saturated rings. The van der Waals surface area contributed by atoms with E-state index in [1.54, 1.807) is 12.4 Å². The minimum absolute atomic E-state index is 0.0141. The maximum absolute atomic E-state index is 13.2. The number of amides is 2. The van der Waals surface area contributed by atoms with Gasteiger partial charge in [-0.05, 0) is 59.4 Å². The zero-order valence-corrected chi connectivity index (χ0v) is 25.1. The zero-order valence-electron chi connectivity index (χ0n) is 25.1. The smallest absolute Gasteiger partial charge is 0.410 e. The predicted octanol–water partition coefficient (Wildman–Crippen LogP) is 6.26. The van der Waals surface area contributed by atoms with E-state index < -0.39 is 5.60 Å². The van der Waals surface area contributed by atoms with E-state index >= 15 is 0 Å². The molecule has 1 N–H and O–H groups in total. The monoisotopic (exact) mass is 580 g/mol. The van der Waals surface area contributed by atoms with Crippen molar-refractivity contribution in [3.8, 4) is 22.4 Å². The van der Waals surface area contributed by atoms with Gasteiger partial charge in [0.25, 0.3) is 0 Å². The van der Waals surface area contributed by atoms with Crippen molar-refractivity contribution in [3.05, 3.63) is 66.1 Å². The van der Waals surface area contributed by atoms with Crippen LogP contribution in [0.1, 0.15) is 82.3 Å². The highest BCUT2D eigenvalue weighted by atomic mass is 16.6. The zero-order chi connectivity index (χ0) is 30.5. The van der Waals surface area contributed by atoms with Crippen LogP contribution in [0.15, 0.2) is 54.9 Å². The van der Waals surface area contributed by atoms with Crippen molar-refractivity contribution in [2.75, 3.05) is 5.32 Å². The molecule has 6 rings (SSSR count). The Morgan fingerprint density at radius 2 is 1.63 bits per heavy atom. The maximum Gasteiger partial charge on any atom is 0.410 e. The summed E-state index contributed by atoms with van der Waals surface area (Å²) in [5.74, 6) is -0.302. The number of benzene rings is 1. The molecule has 2 aliphatic heterocycles. The summed E-state index contributed by atoms with van der Waals surface area (Å²) in [5, 5.41) is 7.42. The molecule has 2 saturated heterocycles. The number of carbonyl (C=O) groups excluding carboxylic acids is 3. The van der Waals surface area contributed by atoms with E-state index in [4.69, 9.17) is 9.72 Å². The molecule has 3 aromatic heterocycles. The number of nitrogens with zero attached hydrogens (tertiary/aromatic N) is 5. The molecular formula is C33H36N6O4. The van der Waals surface area contributed by atoms with Crippen LogP contribution in [-0.2, 0) is 9.53 Å². The summed E-state index contributed by atoms with van der Waals surface area (Å²) in [7, 11) is 0. The fraction of sp³-hybridized carbons (Fsp3) is 0.394. The second kappa shape index (κ2) is 10.9. The van der Waals surface area contributed by atoms with Crippen LogP contribution < -0.4 is 5.32 Å². The average Bonchev–Trinajstić information content (AvgIpc) is 3.50. The number of hydrogen-bond acceptors (Lipinski definition) is 7. The van der Waals surface area contributed by atoms with Gasteiger partial charge in [-0.15, -0.1) is 0 Å². The Labute approximate surface area is 250 Å². The minimum Gasteiger partial charge on any atom is -0.444 e. The quantitative estimate of drug-likeness (QED) is 0.277. The molecule has 0 saturated carbocycles. The highest BCUT2D eigenvalue weighted by molar-refractivity contribution is 6.04. The lowest BCUT2D eigenvalue weighted by Gasteiger charge is -2.39. The molecule has 222 valence electrons. The van der Waals surface area contributed by atoms with E-state index in [2.05, 4.69) is 15.4 Å². The number of rotatable bonds is 5. The Kier molecular flexibility index (Phi) is 7.23. The SMILES string of the molecule is CC(=O)Nc1c(C(C)=O)c([C@@H]2C[C@H]3CC[C@@H](C2)N3C(=O)OC(C)(C)C)nc2c(-c3ccc(-c4ccccc4)nc3)cnn12. The Morgan fingerprint density at radius 1 is 0.930 bits per heavy atom. The molecule has 1 aromatic carbocycles. The highest BCUT2D eigenvalue weighted by Crippen LogP contribution is 2.45. The van der Waals surface area contributed by atoms with Gasteiger partial charge < -0.3 is 15.0 Å². The third-order valence-electron chi connectivity index (χ3n) is 8.19. The van der Waals surface area contributed by atoms with E-state index in [-0.39, 0.29) is 35.8 Å². The molecule has 2 bridgehead atoms. The lowest BCUT2D eigenvalue weighted by Crippen LogP contribution is -2.48. The lowest BCUT2D eigenvalue weighted by molar-refractivity contribution is -0.114. The molecule has 10 nitrogen and oxygen atoms in total. The van der Waals surface area contributed by atoms with Crippen LogP contribution >= 0.6 is 0 Å². The van der Waals surface area contributed by atoms with Gasteiger partial charge in [0.15, 0.2) is 11.4 Å². The summed E-state index contributed by atoms with van der Waals surface area (Å²) >= 11 is 0. The number of fused-ring (bicyclic) bond motifs is 3. The second-order valence-electron chi connectivity index (χ2n) is 12.5. The van der Waals surface area contributed by atoms with Gasteiger partial charge in [0.2, 0.25) is 5.91 Å². The Morgan fingerprint density at radius 3 is 2.21 bits per heavy atom. The molecule has 0 aliphatic carbocycles. The van der Waals surface area contributed by atoms with Crippen molar-refractivity contribution in [3.63, 3.8) is 0 Å². The molecule has 0 unspecified atom stereocenters. The summed E-state index contributed by atoms with van der Waals surface area (Å²) in [5.41, 5.74) is 4.34. The molecule has 2 aliphatic rings. The van der Waals surface area contributed by atoms with Crippen LogP contribution in [0, 0.1) is 0 Å². The largest absolute Gasteiger partial charge is 0.444 e. The van der Waals surface area contributed by atoms with Crippen LogP contribution in [0.4, 0.5) is 10.6 Å². The van der Waals surface area contributed by atoms with E-state index in [1.807, 2.05) is 68.1 Å². The van der Waals surface area contributed by atoms with E-state index in [0.717, 1.165) is 35.2 Å². The first kappa shape index (κ1) is 28.5. The van der Waals surface area contributed by atoms with Gasteiger partial charge in [-0.2, -0.15) is 9.61 Å². The van der Waals surface area contributed by atoms with E-state index in [9.17, 15) is 14.4 Å². The highest BCUT2D eigenvalue weighted by Gasteiger charge is 2.46. The molecule has 43 heavy (non-hydrogen) atoms. The van der Waals surface area contributed by atoms with Gasteiger partial charge in [-0.1, -0.05) is 36.4 Å². The number of ketones is 1. The van der Waals surface area contributed by atoms with Gasteiger partial charge in [0.05, 0.1) is 23.1 Å². The summed E-state index contributed by atoms with van der Waals surface area (Å²) in [6.07, 6.45) is 6.22. The van der Waals surface area contributed by atoms with Crippen molar-refractivity contribution in [1.82, 2.24) is 24.5 Å². The fourth-order valence-electron chi connectivity index (χ4n) is 6.48. The molecular weight excluding hydrogens is 544 g/mol. The number of carbonyl (C=O) groups is 3. The number of ether oxygens (including phenoxy) is 1. The summed E-state index contributed by atoms with van der Waals surface area (Å²) in [6, 6.07) is 13.8. The van der Waals surface area contributed by atoms with Crippen LogP contribution in [0.3, 0.4) is 0 Å². The van der Waals surface area contributed by atoms with Crippen LogP contribution in [-0.4, -0.2) is 60.0 Å². The van der Waals surface area contributed by atoms with Crippen molar-refractivity contribution < 1.29 is 19.1 Å². The molecule has 2 amide bonds. The number of pyridine rings is 1. The maximum atomic E-state index is 13.2. The first-order valence-corrected chi connectivity index (χ1v) is 14.7. The van der Waals surface area contributed by atoms with Gasteiger partial charge in [0, 0.05) is 47.8 Å². The minimum atomic E-state index is -0.582. The average molecular weight is 581 g/mol. The molecule has 3 atom stereocenters. The van der Waals surface area contributed by atoms with E-state index in [1.165, 1.54) is 18.4 Å². The summed E-state index contributed by atoms with van der Waals surface area (Å²) in [6.45, 7) is 8.50. The van der Waals surface area contributed by atoms with Crippen LogP contribution in [0.5, 0.6) is 0 Å². The predicted molar refractivity (Wildman–Crippen MR) is 163 cm³/mol. The van der Waals surface area contributed by atoms with Crippen LogP contribution in [0.25, 0.3) is 28.0 Å². The molecule has 5 heterocycles. The number of nitrogens with one attached hydrogen (secondary N) is 1. The Bertz CT molecular complexity index is 1690. The Balaban J connectivity index is 1.42. The molecule has 4 aromatic rings. The van der Waals surface area contributed by atoms with Crippen LogP contribution in [0.2, 0.25) is 0 Å². The third-order valence-corrected chi connectivity index (χ3v) is 8.19. The summed E-state index contributed by atoms with van der Waals surface area (Å²) in [4.78, 5) is 50.3. The first-order chi connectivity index (χ1) is 20.5. The third kappa shape index (κ3) is 5.49. The Hall–Kier alpha value is -4.60. The van der Waals surface area contributed by atoms with Crippen molar-refractivity contribution in [2.45, 2.75) is 83.9 Å². The van der Waals surface area contributed by atoms with Crippen molar-refractivity contribution in [1.29, 1.82) is 0 Å². The number of aromatic nitrogens is 4. The lowest BCUT2D eigenvalue weighted by atomic mass is 9.85. The van der Waals surface area contributed by atoms with Gasteiger partial charge >= 0.3 is 6.09 Å².